The summed E-state index contributed by atoms with van der Waals surface area (Å²) in [5.74, 6) is 2.59. The van der Waals surface area contributed by atoms with Crippen molar-refractivity contribution in [3.05, 3.63) is 46.8 Å². The van der Waals surface area contributed by atoms with Crippen molar-refractivity contribution in [1.29, 1.82) is 0 Å². The molecule has 0 radical (unpaired) electrons. The minimum atomic E-state index is -0.123. The molecule has 2 unspecified atom stereocenters. The molecule has 3 saturated heterocycles. The lowest BCUT2D eigenvalue weighted by Gasteiger charge is -2.64. The molecule has 178 valence electrons. The summed E-state index contributed by atoms with van der Waals surface area (Å²) >= 11 is 0. The molecule has 6 heteroatoms. The van der Waals surface area contributed by atoms with Gasteiger partial charge in [-0.15, -0.1) is 0 Å². The summed E-state index contributed by atoms with van der Waals surface area (Å²) in [4.78, 5) is 15.0. The van der Waals surface area contributed by atoms with E-state index in [4.69, 9.17) is 14.7 Å². The van der Waals surface area contributed by atoms with Crippen molar-refractivity contribution < 1.29 is 9.84 Å². The van der Waals surface area contributed by atoms with Crippen molar-refractivity contribution in [3.63, 3.8) is 0 Å². The van der Waals surface area contributed by atoms with Gasteiger partial charge in [0.25, 0.3) is 0 Å². The number of anilines is 1. The van der Waals surface area contributed by atoms with Gasteiger partial charge in [0.15, 0.2) is 0 Å². The second-order valence-electron chi connectivity index (χ2n) is 12.0. The lowest BCUT2D eigenvalue weighted by molar-refractivity contribution is -0.162. The number of ether oxygens (including phenoxy) is 1. The van der Waals surface area contributed by atoms with Gasteiger partial charge in [-0.1, -0.05) is 6.07 Å². The van der Waals surface area contributed by atoms with Gasteiger partial charge in [0.05, 0.1) is 11.7 Å². The third kappa shape index (κ3) is 2.39. The van der Waals surface area contributed by atoms with Gasteiger partial charge in [0.2, 0.25) is 5.95 Å². The molecule has 3 aliphatic heterocycles. The van der Waals surface area contributed by atoms with E-state index < -0.39 is 0 Å². The first-order valence-corrected chi connectivity index (χ1v) is 13.3. The van der Waals surface area contributed by atoms with E-state index in [9.17, 15) is 5.11 Å². The average molecular weight is 459 g/mol. The van der Waals surface area contributed by atoms with Crippen molar-refractivity contribution in [2.24, 2.45) is 11.8 Å². The largest absolute Gasteiger partial charge is 0.508 e. The third-order valence-electron chi connectivity index (χ3n) is 10.3. The Morgan fingerprint density at radius 3 is 2.71 bits per heavy atom. The van der Waals surface area contributed by atoms with Crippen LogP contribution in [0.15, 0.2) is 24.3 Å². The highest BCUT2D eigenvalue weighted by Gasteiger charge is 2.78. The standard InChI is InChI=1S/C28H34N4O2/c1-16-11-17(2)30-26(29-16)32-15-23-25-22(32)7-8-28(34-23)24-12-19-5-6-20(33)13-21(19)27(25,28)9-10-31(24)14-18-3-4-18/h5-6,11,13,18,22-25,33H,3-4,7-10,12,14-15H2,1-2H3/t22?,23-,24-,25?,27+,28-/m1/s1. The normalized spacial score (nSPS) is 39.8. The fraction of sp³-hybridized carbons (Fsp3) is 0.643. The summed E-state index contributed by atoms with van der Waals surface area (Å²) in [6.45, 7) is 7.40. The number of phenols is 1. The molecule has 0 spiro atoms. The van der Waals surface area contributed by atoms with E-state index in [-0.39, 0.29) is 17.1 Å². The Hall–Kier alpha value is -2.18. The van der Waals surface area contributed by atoms with Crippen LogP contribution in [0.25, 0.3) is 0 Å². The zero-order valence-corrected chi connectivity index (χ0v) is 20.2. The van der Waals surface area contributed by atoms with Crippen LogP contribution in [0.3, 0.4) is 0 Å². The highest BCUT2D eigenvalue weighted by Crippen LogP contribution is 2.70. The molecule has 2 aromatic rings. The smallest absolute Gasteiger partial charge is 0.226 e. The predicted molar refractivity (Wildman–Crippen MR) is 129 cm³/mol. The van der Waals surface area contributed by atoms with Gasteiger partial charge in [-0.2, -0.15) is 0 Å². The van der Waals surface area contributed by atoms with Gasteiger partial charge in [-0.3, -0.25) is 4.90 Å². The molecule has 1 aromatic carbocycles. The zero-order chi connectivity index (χ0) is 22.8. The van der Waals surface area contributed by atoms with E-state index in [1.165, 1.54) is 30.5 Å². The SMILES string of the molecule is Cc1cc(C)nc(N2C[C@H]3O[C@@]45CCC2C3[C@@]42CCN(CC3CC3)[C@@H]5Cc3ccc(O)cc32)n1. The Kier molecular flexibility index (Phi) is 3.85. The van der Waals surface area contributed by atoms with Gasteiger partial charge in [-0.25, -0.2) is 9.97 Å². The van der Waals surface area contributed by atoms with Crippen LogP contribution >= 0.6 is 0 Å². The van der Waals surface area contributed by atoms with Crippen LogP contribution in [-0.2, 0) is 16.6 Å². The molecule has 0 amide bonds. The first kappa shape index (κ1) is 20.1. The summed E-state index contributed by atoms with van der Waals surface area (Å²) < 4.78 is 7.35. The highest BCUT2D eigenvalue weighted by molar-refractivity contribution is 5.54. The van der Waals surface area contributed by atoms with E-state index in [1.54, 1.807) is 0 Å². The molecule has 4 bridgehead atoms. The van der Waals surface area contributed by atoms with Gasteiger partial charge < -0.3 is 14.7 Å². The molecule has 8 rings (SSSR count). The summed E-state index contributed by atoms with van der Waals surface area (Å²) in [5, 5.41) is 10.6. The molecule has 1 aromatic heterocycles. The lowest BCUT2D eigenvalue weighted by atomic mass is 9.46. The van der Waals surface area contributed by atoms with Crippen LogP contribution in [0.5, 0.6) is 5.75 Å². The van der Waals surface area contributed by atoms with Gasteiger partial charge >= 0.3 is 0 Å². The molecule has 2 saturated carbocycles. The van der Waals surface area contributed by atoms with E-state index in [0.29, 0.717) is 23.8 Å². The maximum Gasteiger partial charge on any atom is 0.226 e. The van der Waals surface area contributed by atoms with E-state index >= 15 is 0 Å². The lowest BCUT2D eigenvalue weighted by Crippen LogP contribution is -2.74. The maximum absolute atomic E-state index is 10.6. The monoisotopic (exact) mass is 458 g/mol. The summed E-state index contributed by atoms with van der Waals surface area (Å²) in [6.07, 6.45) is 7.40. The van der Waals surface area contributed by atoms with Gasteiger partial charge in [-0.05, 0) is 94.2 Å². The molecule has 4 heterocycles. The second-order valence-corrected chi connectivity index (χ2v) is 12.0. The number of aromatic nitrogens is 2. The Morgan fingerprint density at radius 1 is 1.09 bits per heavy atom. The topological polar surface area (TPSA) is 61.7 Å². The summed E-state index contributed by atoms with van der Waals surface area (Å²) in [6, 6.07) is 9.10. The zero-order valence-electron chi connectivity index (χ0n) is 20.2. The van der Waals surface area contributed by atoms with E-state index in [0.717, 1.165) is 62.0 Å². The number of aromatic hydroxyl groups is 1. The number of aryl methyl sites for hydroxylation is 2. The molecular weight excluding hydrogens is 424 g/mol. The first-order chi connectivity index (χ1) is 16.5. The number of rotatable bonds is 3. The first-order valence-electron chi connectivity index (χ1n) is 13.3. The number of benzene rings is 1. The Bertz CT molecular complexity index is 1180. The number of nitrogens with zero attached hydrogens (tertiary/aromatic N) is 4. The van der Waals surface area contributed by atoms with Crippen molar-refractivity contribution in [3.8, 4) is 5.75 Å². The molecule has 6 atom stereocenters. The van der Waals surface area contributed by atoms with Crippen LogP contribution < -0.4 is 4.90 Å². The van der Waals surface area contributed by atoms with Crippen molar-refractivity contribution in [2.45, 2.75) is 81.6 Å². The minimum Gasteiger partial charge on any atom is -0.508 e. The van der Waals surface area contributed by atoms with Gasteiger partial charge in [0.1, 0.15) is 5.75 Å². The van der Waals surface area contributed by atoms with Crippen molar-refractivity contribution in [2.75, 3.05) is 24.5 Å². The Balaban J connectivity index is 1.28. The van der Waals surface area contributed by atoms with Crippen LogP contribution in [0, 0.1) is 25.7 Å². The molecule has 6 nitrogen and oxygen atoms in total. The number of phenolic OH excluding ortho intramolecular Hbond substituents is 1. The molecule has 34 heavy (non-hydrogen) atoms. The van der Waals surface area contributed by atoms with Crippen LogP contribution in [0.1, 0.15) is 54.6 Å². The number of fused-ring (bicyclic) bond motifs is 1. The van der Waals surface area contributed by atoms with E-state index in [2.05, 4.69) is 41.8 Å². The average Bonchev–Trinajstić information content (AvgIpc) is 3.48. The summed E-state index contributed by atoms with van der Waals surface area (Å²) in [7, 11) is 0. The van der Waals surface area contributed by atoms with Crippen LogP contribution in [-0.4, -0.2) is 63.4 Å². The molecular formula is C28H34N4O2. The molecule has 5 fully saturated rings. The number of hydrogen-bond donors (Lipinski definition) is 1. The Morgan fingerprint density at radius 2 is 1.91 bits per heavy atom. The molecule has 6 aliphatic rings. The Labute approximate surface area is 201 Å². The fourth-order valence-electron chi connectivity index (χ4n) is 9.09. The summed E-state index contributed by atoms with van der Waals surface area (Å²) in [5.41, 5.74) is 4.74. The van der Waals surface area contributed by atoms with E-state index in [1.807, 2.05) is 6.07 Å². The quantitative estimate of drug-likeness (QED) is 0.760. The predicted octanol–water partition coefficient (Wildman–Crippen LogP) is 3.51. The van der Waals surface area contributed by atoms with Crippen molar-refractivity contribution >= 4 is 5.95 Å². The van der Waals surface area contributed by atoms with Crippen LogP contribution in [0.4, 0.5) is 5.95 Å². The number of hydrogen-bond acceptors (Lipinski definition) is 6. The van der Waals surface area contributed by atoms with Crippen LogP contribution in [0.2, 0.25) is 0 Å². The fourth-order valence-corrected chi connectivity index (χ4v) is 9.09. The van der Waals surface area contributed by atoms with Crippen molar-refractivity contribution in [1.82, 2.24) is 14.9 Å². The molecule has 3 aliphatic carbocycles. The van der Waals surface area contributed by atoms with Gasteiger partial charge in [0, 0.05) is 47.9 Å². The minimum absolute atomic E-state index is 0.0226. The number of likely N-dealkylation sites (tertiary alicyclic amines) is 1. The third-order valence-corrected chi connectivity index (χ3v) is 10.3. The highest BCUT2D eigenvalue weighted by atomic mass is 16.5. The number of piperidine rings is 1. The molecule has 1 N–H and O–H groups in total. The second kappa shape index (κ2) is 6.52. The maximum atomic E-state index is 10.6.